The second-order valence-electron chi connectivity index (χ2n) is 7.56. The van der Waals surface area contributed by atoms with Crippen LogP contribution in [0.2, 0.25) is 0 Å². The summed E-state index contributed by atoms with van der Waals surface area (Å²) in [5, 5.41) is 0. The number of ether oxygens (including phenoxy) is 2. The number of rotatable bonds is 8. The fraction of sp³-hybridized carbons (Fsp3) is 0.455. The Morgan fingerprint density at radius 2 is 1.22 bits per heavy atom. The van der Waals surface area contributed by atoms with Crippen LogP contribution in [-0.4, -0.2) is 29.1 Å². The van der Waals surface area contributed by atoms with Gasteiger partial charge in [0.25, 0.3) is 0 Å². The molecule has 0 saturated heterocycles. The van der Waals surface area contributed by atoms with E-state index in [2.05, 4.69) is 46.4 Å². The summed E-state index contributed by atoms with van der Waals surface area (Å²) in [6.45, 7) is 13.2. The number of nitrogens with zero attached hydrogens (tertiary/aromatic N) is 1. The molecule has 2 unspecified atom stereocenters. The monoisotopic (exact) mass is 371 g/mol. The molecule has 27 heavy (non-hydrogen) atoms. The predicted octanol–water partition coefficient (Wildman–Crippen LogP) is 4.92. The fourth-order valence-corrected chi connectivity index (χ4v) is 3.43. The zero-order valence-electron chi connectivity index (χ0n) is 17.3. The van der Waals surface area contributed by atoms with Gasteiger partial charge >= 0.3 is 0 Å². The molecule has 5 heteroatoms. The molecule has 0 heterocycles. The molecular weight excluding hydrogens is 338 g/mol. The van der Waals surface area contributed by atoms with Crippen molar-refractivity contribution in [2.24, 2.45) is 0 Å². The Morgan fingerprint density at radius 1 is 0.704 bits per heavy atom. The maximum Gasteiger partial charge on any atom is 0.129 e. The van der Waals surface area contributed by atoms with Crippen LogP contribution in [0.25, 0.3) is 0 Å². The van der Waals surface area contributed by atoms with Crippen molar-refractivity contribution in [1.29, 1.82) is 0 Å². The molecule has 2 aromatic carbocycles. The summed E-state index contributed by atoms with van der Waals surface area (Å²) in [5.41, 5.74) is 12.6. The molecule has 0 aliphatic carbocycles. The van der Waals surface area contributed by atoms with Crippen LogP contribution in [0.4, 0.5) is 11.4 Å². The second kappa shape index (κ2) is 9.00. The van der Waals surface area contributed by atoms with E-state index in [9.17, 15) is 0 Å². The first-order valence-electron chi connectivity index (χ1n) is 9.56. The topological polar surface area (TPSA) is 73.7 Å². The zero-order chi connectivity index (χ0) is 20.1. The molecule has 2 rings (SSSR count). The number of hydrogen-bond donors (Lipinski definition) is 2. The molecule has 5 nitrogen and oxygen atoms in total. The normalized spacial score (nSPS) is 13.8. The first-order valence-corrected chi connectivity index (χ1v) is 9.56. The highest BCUT2D eigenvalue weighted by Gasteiger charge is 2.25. The summed E-state index contributed by atoms with van der Waals surface area (Å²) in [6.07, 6.45) is 0.0680. The molecule has 0 aliphatic heterocycles. The molecule has 0 fully saturated rings. The Kier molecular flexibility index (Phi) is 6.97. The number of hydrogen-bond acceptors (Lipinski definition) is 5. The predicted molar refractivity (Wildman–Crippen MR) is 113 cm³/mol. The lowest BCUT2D eigenvalue weighted by molar-refractivity contribution is 0.0437. The fourth-order valence-electron chi connectivity index (χ4n) is 3.43. The third-order valence-corrected chi connectivity index (χ3v) is 4.78. The molecule has 0 spiro atoms. The lowest BCUT2D eigenvalue weighted by Gasteiger charge is -2.39. The summed E-state index contributed by atoms with van der Waals surface area (Å²) in [4.78, 5) is 2.47. The molecule has 0 radical (unpaired) electrons. The van der Waals surface area contributed by atoms with E-state index in [0.29, 0.717) is 35.2 Å². The maximum absolute atomic E-state index is 6.16. The van der Waals surface area contributed by atoms with E-state index in [1.807, 2.05) is 24.3 Å². The van der Waals surface area contributed by atoms with Gasteiger partial charge in [-0.1, -0.05) is 0 Å². The minimum atomic E-state index is 0.0680. The standard InChI is InChI=1S/C22H33N3O2/c1-14(2)25(15(3)4)16(5)17(6)26-18-7-9-19(10-8-18)27-20-11-12-21(23)22(24)13-20/h7-17H,23-24H2,1-6H3. The van der Waals surface area contributed by atoms with Gasteiger partial charge in [-0.3, -0.25) is 4.90 Å². The van der Waals surface area contributed by atoms with Gasteiger partial charge in [0, 0.05) is 24.2 Å². The van der Waals surface area contributed by atoms with Crippen LogP contribution >= 0.6 is 0 Å². The van der Waals surface area contributed by atoms with Gasteiger partial charge < -0.3 is 20.9 Å². The molecular formula is C22H33N3O2. The van der Waals surface area contributed by atoms with Gasteiger partial charge in [-0.2, -0.15) is 0 Å². The molecule has 0 aromatic heterocycles. The van der Waals surface area contributed by atoms with E-state index in [4.69, 9.17) is 20.9 Å². The van der Waals surface area contributed by atoms with Crippen molar-refractivity contribution < 1.29 is 9.47 Å². The smallest absolute Gasteiger partial charge is 0.129 e. The molecule has 0 bridgehead atoms. The number of nitrogens with two attached hydrogens (primary N) is 2. The lowest BCUT2D eigenvalue weighted by atomic mass is 10.1. The van der Waals surface area contributed by atoms with Crippen molar-refractivity contribution in [1.82, 2.24) is 4.90 Å². The minimum absolute atomic E-state index is 0.0680. The SMILES string of the molecule is CC(Oc1ccc(Oc2ccc(N)c(N)c2)cc1)C(C)N(C(C)C)C(C)C. The Labute approximate surface area is 163 Å². The largest absolute Gasteiger partial charge is 0.489 e. The molecule has 0 amide bonds. The van der Waals surface area contributed by atoms with E-state index >= 15 is 0 Å². The third-order valence-electron chi connectivity index (χ3n) is 4.78. The first-order chi connectivity index (χ1) is 12.7. The van der Waals surface area contributed by atoms with Gasteiger partial charge in [0.05, 0.1) is 11.4 Å². The highest BCUT2D eigenvalue weighted by Crippen LogP contribution is 2.28. The molecule has 4 N–H and O–H groups in total. The average Bonchev–Trinajstić information content (AvgIpc) is 2.59. The number of nitrogen functional groups attached to an aromatic ring is 2. The van der Waals surface area contributed by atoms with Gasteiger partial charge in [0.15, 0.2) is 0 Å². The van der Waals surface area contributed by atoms with E-state index in [1.54, 1.807) is 18.2 Å². The molecule has 2 atom stereocenters. The Balaban J connectivity index is 2.01. The van der Waals surface area contributed by atoms with Crippen molar-refractivity contribution >= 4 is 11.4 Å². The Morgan fingerprint density at radius 3 is 1.74 bits per heavy atom. The molecule has 148 valence electrons. The zero-order valence-corrected chi connectivity index (χ0v) is 17.3. The van der Waals surface area contributed by atoms with Gasteiger partial charge in [-0.05, 0) is 77.9 Å². The van der Waals surface area contributed by atoms with Crippen molar-refractivity contribution in [3.63, 3.8) is 0 Å². The molecule has 0 saturated carbocycles. The number of anilines is 2. The lowest BCUT2D eigenvalue weighted by Crippen LogP contribution is -2.49. The molecule has 0 aliphatic rings. The highest BCUT2D eigenvalue weighted by atomic mass is 16.5. The maximum atomic E-state index is 6.16. The van der Waals surface area contributed by atoms with E-state index in [-0.39, 0.29) is 6.10 Å². The summed E-state index contributed by atoms with van der Waals surface area (Å²) in [5.74, 6) is 2.20. The second-order valence-corrected chi connectivity index (χ2v) is 7.56. The number of benzene rings is 2. The minimum Gasteiger partial charge on any atom is -0.489 e. The quantitative estimate of drug-likeness (QED) is 0.644. The van der Waals surface area contributed by atoms with Crippen LogP contribution in [0.5, 0.6) is 17.2 Å². The van der Waals surface area contributed by atoms with Crippen molar-refractivity contribution in [2.45, 2.75) is 65.8 Å². The summed E-state index contributed by atoms with van der Waals surface area (Å²) >= 11 is 0. The van der Waals surface area contributed by atoms with Crippen LogP contribution in [0.1, 0.15) is 41.5 Å². The Bertz CT molecular complexity index is 721. The van der Waals surface area contributed by atoms with Gasteiger partial charge in [0.2, 0.25) is 0 Å². The van der Waals surface area contributed by atoms with Crippen LogP contribution in [0.15, 0.2) is 42.5 Å². The summed E-state index contributed by atoms with van der Waals surface area (Å²) in [6, 6.07) is 14.1. The van der Waals surface area contributed by atoms with Gasteiger partial charge in [-0.25, -0.2) is 0 Å². The van der Waals surface area contributed by atoms with Gasteiger partial charge in [-0.15, -0.1) is 0 Å². The van der Waals surface area contributed by atoms with Crippen molar-refractivity contribution in [3.8, 4) is 17.2 Å². The van der Waals surface area contributed by atoms with Crippen LogP contribution in [0, 0.1) is 0 Å². The van der Waals surface area contributed by atoms with E-state index in [0.717, 1.165) is 11.5 Å². The van der Waals surface area contributed by atoms with Crippen molar-refractivity contribution in [3.05, 3.63) is 42.5 Å². The van der Waals surface area contributed by atoms with E-state index < -0.39 is 0 Å². The first kappa shape index (κ1) is 20.9. The van der Waals surface area contributed by atoms with Crippen LogP contribution < -0.4 is 20.9 Å². The van der Waals surface area contributed by atoms with Gasteiger partial charge in [0.1, 0.15) is 23.4 Å². The summed E-state index contributed by atoms with van der Waals surface area (Å²) in [7, 11) is 0. The summed E-state index contributed by atoms with van der Waals surface area (Å²) < 4.78 is 12.0. The van der Waals surface area contributed by atoms with Crippen molar-refractivity contribution in [2.75, 3.05) is 11.5 Å². The van der Waals surface area contributed by atoms with Crippen LogP contribution in [-0.2, 0) is 0 Å². The highest BCUT2D eigenvalue weighted by molar-refractivity contribution is 5.65. The van der Waals surface area contributed by atoms with Crippen LogP contribution in [0.3, 0.4) is 0 Å². The molecule has 2 aromatic rings. The average molecular weight is 372 g/mol. The Hall–Kier alpha value is -2.40. The van der Waals surface area contributed by atoms with E-state index in [1.165, 1.54) is 0 Å². The third kappa shape index (κ3) is 5.54.